The van der Waals surface area contributed by atoms with Crippen molar-refractivity contribution in [2.75, 3.05) is 0 Å². The van der Waals surface area contributed by atoms with E-state index in [4.69, 9.17) is 0 Å². The molecule has 0 bridgehead atoms. The van der Waals surface area contributed by atoms with E-state index in [-0.39, 0.29) is 0 Å². The summed E-state index contributed by atoms with van der Waals surface area (Å²) in [7, 11) is 0. The predicted molar refractivity (Wildman–Crippen MR) is 76.8 cm³/mol. The van der Waals surface area contributed by atoms with Gasteiger partial charge in [0, 0.05) is 11.6 Å². The maximum absolute atomic E-state index is 4.42. The van der Waals surface area contributed by atoms with E-state index in [2.05, 4.69) is 29.2 Å². The van der Waals surface area contributed by atoms with Gasteiger partial charge in [-0.25, -0.2) is 0 Å². The number of rotatable bonds is 2. The fraction of sp³-hybridized carbons (Fsp3) is 0.500. The molecule has 0 aliphatic heterocycles. The van der Waals surface area contributed by atoms with Crippen LogP contribution in [0.5, 0.6) is 0 Å². The smallest absolute Gasteiger partial charge is 0.0702 e. The summed E-state index contributed by atoms with van der Waals surface area (Å²) < 4.78 is 0. The minimum absolute atomic E-state index is 0.721. The summed E-state index contributed by atoms with van der Waals surface area (Å²) in [5, 5.41) is 1.30. The maximum Gasteiger partial charge on any atom is 0.0702 e. The molecule has 1 heteroatoms. The zero-order valence-corrected chi connectivity index (χ0v) is 11.2. The third-order valence-electron chi connectivity index (χ3n) is 6.44. The van der Waals surface area contributed by atoms with Gasteiger partial charge in [-0.05, 0) is 79.0 Å². The van der Waals surface area contributed by atoms with Gasteiger partial charge >= 0.3 is 0 Å². The number of pyridine rings is 1. The van der Waals surface area contributed by atoms with Crippen LogP contribution in [0.1, 0.15) is 31.2 Å². The van der Waals surface area contributed by atoms with Crippen molar-refractivity contribution in [3.05, 3.63) is 42.1 Å². The van der Waals surface area contributed by atoms with E-state index in [1.165, 1.54) is 43.1 Å². The zero-order valence-electron chi connectivity index (χ0n) is 11.2. The van der Waals surface area contributed by atoms with Gasteiger partial charge in [-0.3, -0.25) is 4.98 Å². The van der Waals surface area contributed by atoms with E-state index >= 15 is 0 Å². The molecule has 96 valence electrons. The van der Waals surface area contributed by atoms with Crippen molar-refractivity contribution in [2.45, 2.75) is 32.1 Å². The normalized spacial score (nSPS) is 38.6. The van der Waals surface area contributed by atoms with Crippen LogP contribution in [0.15, 0.2) is 36.5 Å². The number of hydrogen-bond acceptors (Lipinski definition) is 1. The van der Waals surface area contributed by atoms with Gasteiger partial charge in [0.25, 0.3) is 0 Å². The molecule has 0 spiro atoms. The Morgan fingerprint density at radius 1 is 1.11 bits per heavy atom. The molecular formula is C18H19N. The van der Waals surface area contributed by atoms with E-state index in [0.29, 0.717) is 0 Å². The highest BCUT2D eigenvalue weighted by Crippen LogP contribution is 2.75. The first-order valence-electron chi connectivity index (χ1n) is 7.70. The van der Waals surface area contributed by atoms with Gasteiger partial charge in [0.2, 0.25) is 0 Å². The van der Waals surface area contributed by atoms with Crippen LogP contribution in [0.4, 0.5) is 0 Å². The highest BCUT2D eigenvalue weighted by molar-refractivity contribution is 5.78. The molecule has 1 aromatic carbocycles. The fourth-order valence-electron chi connectivity index (χ4n) is 5.35. The lowest BCUT2D eigenvalue weighted by atomic mass is 9.30. The molecule has 0 saturated heterocycles. The number of fused-ring (bicyclic) bond motifs is 5. The summed E-state index contributed by atoms with van der Waals surface area (Å²) in [6.07, 6.45) is 9.24. The van der Waals surface area contributed by atoms with Crippen molar-refractivity contribution in [2.24, 2.45) is 23.2 Å². The lowest BCUT2D eigenvalue weighted by Crippen LogP contribution is -2.68. The van der Waals surface area contributed by atoms with Crippen LogP contribution >= 0.6 is 0 Å². The van der Waals surface area contributed by atoms with Crippen molar-refractivity contribution < 1.29 is 0 Å². The highest BCUT2D eigenvalue weighted by Gasteiger charge is 2.68. The topological polar surface area (TPSA) is 12.9 Å². The van der Waals surface area contributed by atoms with Gasteiger partial charge in [-0.1, -0.05) is 12.1 Å². The summed E-state index contributed by atoms with van der Waals surface area (Å²) in [6.45, 7) is 0. The Kier molecular flexibility index (Phi) is 1.86. The minimum atomic E-state index is 0.721. The third-order valence-corrected chi connectivity index (χ3v) is 6.44. The van der Waals surface area contributed by atoms with E-state index in [9.17, 15) is 0 Å². The molecular weight excluding hydrogens is 230 g/mol. The molecule has 1 heterocycles. The van der Waals surface area contributed by atoms with Crippen molar-refractivity contribution in [3.63, 3.8) is 0 Å². The maximum atomic E-state index is 4.42. The molecule has 0 radical (unpaired) electrons. The van der Waals surface area contributed by atoms with Gasteiger partial charge in [0.1, 0.15) is 0 Å². The van der Waals surface area contributed by atoms with Crippen LogP contribution in [0, 0.1) is 23.2 Å². The van der Waals surface area contributed by atoms with Crippen molar-refractivity contribution in [1.82, 2.24) is 4.98 Å². The first-order chi connectivity index (χ1) is 9.37. The summed E-state index contributed by atoms with van der Waals surface area (Å²) in [5.41, 5.74) is 3.39. The fourth-order valence-corrected chi connectivity index (χ4v) is 5.35. The summed E-state index contributed by atoms with van der Waals surface area (Å²) in [4.78, 5) is 4.42. The molecule has 3 aliphatic carbocycles. The second-order valence-electron chi connectivity index (χ2n) is 6.93. The van der Waals surface area contributed by atoms with Crippen LogP contribution < -0.4 is 0 Å². The molecule has 3 aliphatic rings. The Morgan fingerprint density at radius 2 is 2.05 bits per heavy atom. The minimum Gasteiger partial charge on any atom is -0.256 e. The molecule has 1 aromatic heterocycles. The Hall–Kier alpha value is -1.37. The lowest BCUT2D eigenvalue weighted by Gasteiger charge is -2.74. The van der Waals surface area contributed by atoms with Crippen molar-refractivity contribution in [1.29, 1.82) is 0 Å². The van der Waals surface area contributed by atoms with E-state index in [1.807, 2.05) is 12.3 Å². The second-order valence-corrected chi connectivity index (χ2v) is 6.93. The van der Waals surface area contributed by atoms with E-state index in [1.54, 1.807) is 0 Å². The van der Waals surface area contributed by atoms with E-state index in [0.717, 1.165) is 28.7 Å². The molecule has 0 amide bonds. The van der Waals surface area contributed by atoms with Crippen LogP contribution in [0.2, 0.25) is 0 Å². The zero-order chi connectivity index (χ0) is 12.4. The Morgan fingerprint density at radius 3 is 2.79 bits per heavy atom. The van der Waals surface area contributed by atoms with Crippen LogP contribution in [0.25, 0.3) is 10.9 Å². The standard InChI is InChI=1S/C18H19N/c1-2-13-10-12(3-6-17(13)19-9-1)11-18-8-7-16(18)14-4-5-15(14)18/h1-3,6,9-10,14-16H,4-5,7-8,11H2. The average molecular weight is 249 g/mol. The van der Waals surface area contributed by atoms with Crippen molar-refractivity contribution in [3.8, 4) is 0 Å². The molecule has 19 heavy (non-hydrogen) atoms. The average Bonchev–Trinajstić information content (AvgIpc) is 2.41. The molecule has 4 atom stereocenters. The summed E-state index contributed by atoms with van der Waals surface area (Å²) in [6, 6.07) is 11.1. The Balaban J connectivity index is 1.49. The number of benzene rings is 1. The van der Waals surface area contributed by atoms with Gasteiger partial charge < -0.3 is 0 Å². The summed E-state index contributed by atoms with van der Waals surface area (Å²) >= 11 is 0. The highest BCUT2D eigenvalue weighted by atomic mass is 14.7. The van der Waals surface area contributed by atoms with Gasteiger partial charge in [0.05, 0.1) is 5.52 Å². The van der Waals surface area contributed by atoms with Gasteiger partial charge in [-0.2, -0.15) is 0 Å². The van der Waals surface area contributed by atoms with Crippen LogP contribution in [-0.2, 0) is 6.42 Å². The molecule has 0 N–H and O–H groups in total. The second kappa shape index (κ2) is 3.39. The molecule has 5 rings (SSSR count). The quantitative estimate of drug-likeness (QED) is 0.776. The predicted octanol–water partition coefficient (Wildman–Crippen LogP) is 4.21. The SMILES string of the molecule is c1cnc2ccc(CC34CCC3C3CCC34)cc2c1. The number of nitrogens with zero attached hydrogens (tertiary/aromatic N) is 1. The lowest BCUT2D eigenvalue weighted by molar-refractivity contribution is -0.250. The largest absolute Gasteiger partial charge is 0.256 e. The van der Waals surface area contributed by atoms with Gasteiger partial charge in [0.15, 0.2) is 0 Å². The first kappa shape index (κ1) is 10.4. The van der Waals surface area contributed by atoms with Gasteiger partial charge in [-0.15, -0.1) is 0 Å². The van der Waals surface area contributed by atoms with E-state index < -0.39 is 0 Å². The molecule has 2 aromatic rings. The molecule has 3 saturated carbocycles. The molecule has 3 fully saturated rings. The Bertz CT molecular complexity index is 650. The monoisotopic (exact) mass is 249 g/mol. The third kappa shape index (κ3) is 1.19. The molecule has 4 unspecified atom stereocenters. The number of hydrogen-bond donors (Lipinski definition) is 0. The van der Waals surface area contributed by atoms with Crippen molar-refractivity contribution >= 4 is 10.9 Å². The Labute approximate surface area is 114 Å². The number of aromatic nitrogens is 1. The summed E-state index contributed by atoms with van der Waals surface area (Å²) in [5.74, 6) is 3.28. The van der Waals surface area contributed by atoms with Crippen LogP contribution in [-0.4, -0.2) is 4.98 Å². The molecule has 1 nitrogen and oxygen atoms in total. The van der Waals surface area contributed by atoms with Crippen LogP contribution in [0.3, 0.4) is 0 Å². The first-order valence-corrected chi connectivity index (χ1v) is 7.70.